The quantitative estimate of drug-likeness (QED) is 0.385. The highest BCUT2D eigenvalue weighted by atomic mass is 32.1. The maximum absolute atomic E-state index is 14.7. The SMILES string of the molecule is Cc1cc([C@@H]2[C@@H](c3ccccn3)NC(=S)N2Cc2ccccc2)c(C)n1-c1ccccc1F. The maximum atomic E-state index is 14.7. The number of rotatable bonds is 5. The van der Waals surface area contributed by atoms with Crippen LogP contribution in [0.15, 0.2) is 85.1 Å². The van der Waals surface area contributed by atoms with Crippen LogP contribution in [0.25, 0.3) is 5.69 Å². The summed E-state index contributed by atoms with van der Waals surface area (Å²) in [5.41, 5.74) is 5.73. The molecule has 5 rings (SSSR count). The number of nitrogens with one attached hydrogen (secondary N) is 1. The van der Waals surface area contributed by atoms with E-state index >= 15 is 0 Å². The largest absolute Gasteiger partial charge is 0.352 e. The van der Waals surface area contributed by atoms with Gasteiger partial charge in [-0.25, -0.2) is 4.39 Å². The molecule has 1 N–H and O–H groups in total. The van der Waals surface area contributed by atoms with Crippen molar-refractivity contribution < 1.29 is 4.39 Å². The number of nitrogens with zero attached hydrogens (tertiary/aromatic N) is 3. The van der Waals surface area contributed by atoms with Crippen molar-refractivity contribution >= 4 is 17.3 Å². The fourth-order valence-corrected chi connectivity index (χ4v) is 5.09. The molecule has 4 nitrogen and oxygen atoms in total. The Balaban J connectivity index is 1.63. The van der Waals surface area contributed by atoms with Crippen molar-refractivity contribution in [3.63, 3.8) is 0 Å². The second kappa shape index (κ2) is 8.79. The predicted octanol–water partition coefficient (Wildman–Crippen LogP) is 5.80. The number of para-hydroxylation sites is 1. The number of aromatic nitrogens is 2. The molecule has 6 heteroatoms. The minimum atomic E-state index is -0.242. The van der Waals surface area contributed by atoms with E-state index < -0.39 is 0 Å². The highest BCUT2D eigenvalue weighted by Crippen LogP contribution is 2.42. The minimum Gasteiger partial charge on any atom is -0.352 e. The van der Waals surface area contributed by atoms with E-state index in [1.54, 1.807) is 12.3 Å². The third-order valence-corrected chi connectivity index (χ3v) is 6.63. The molecular weight excluding hydrogens is 431 g/mol. The first-order valence-electron chi connectivity index (χ1n) is 11.0. The molecule has 0 bridgehead atoms. The summed E-state index contributed by atoms with van der Waals surface area (Å²) in [6, 6.07) is 25.1. The number of hydrogen-bond donors (Lipinski definition) is 1. The maximum Gasteiger partial charge on any atom is 0.170 e. The summed E-state index contributed by atoms with van der Waals surface area (Å²) in [7, 11) is 0. The number of pyridine rings is 1. The zero-order valence-electron chi connectivity index (χ0n) is 18.6. The smallest absolute Gasteiger partial charge is 0.170 e. The number of halogens is 1. The lowest BCUT2D eigenvalue weighted by molar-refractivity contribution is 0.310. The molecule has 1 aliphatic heterocycles. The summed E-state index contributed by atoms with van der Waals surface area (Å²) in [6.45, 7) is 4.73. The molecule has 0 amide bonds. The lowest BCUT2D eigenvalue weighted by Crippen LogP contribution is -2.29. The van der Waals surface area contributed by atoms with E-state index in [2.05, 4.69) is 33.4 Å². The van der Waals surface area contributed by atoms with Gasteiger partial charge in [0.2, 0.25) is 0 Å². The van der Waals surface area contributed by atoms with E-state index in [0.717, 1.165) is 22.6 Å². The van der Waals surface area contributed by atoms with Crippen LogP contribution >= 0.6 is 12.2 Å². The van der Waals surface area contributed by atoms with E-state index in [9.17, 15) is 4.39 Å². The predicted molar refractivity (Wildman–Crippen MR) is 133 cm³/mol. The molecule has 2 aromatic heterocycles. The Morgan fingerprint density at radius 1 is 0.970 bits per heavy atom. The fraction of sp³-hybridized carbons (Fsp3) is 0.185. The molecule has 1 saturated heterocycles. The first kappa shape index (κ1) is 21.3. The van der Waals surface area contributed by atoms with Gasteiger partial charge >= 0.3 is 0 Å². The van der Waals surface area contributed by atoms with Gasteiger partial charge in [0.15, 0.2) is 5.11 Å². The van der Waals surface area contributed by atoms with Crippen molar-refractivity contribution in [3.8, 4) is 5.69 Å². The highest BCUT2D eigenvalue weighted by Gasteiger charge is 2.41. The molecule has 4 aromatic rings. The molecule has 0 aliphatic carbocycles. The normalized spacial score (nSPS) is 17.9. The average Bonchev–Trinajstić information content (AvgIpc) is 3.30. The number of thiocarbonyl (C=S) groups is 1. The second-order valence-corrected chi connectivity index (χ2v) is 8.74. The molecule has 1 aliphatic rings. The number of hydrogen-bond acceptors (Lipinski definition) is 2. The van der Waals surface area contributed by atoms with Crippen molar-refractivity contribution in [2.75, 3.05) is 0 Å². The van der Waals surface area contributed by atoms with Crippen LogP contribution in [-0.2, 0) is 6.54 Å². The Bertz CT molecular complexity index is 1290. The van der Waals surface area contributed by atoms with E-state index in [4.69, 9.17) is 12.2 Å². The van der Waals surface area contributed by atoms with Crippen LogP contribution in [0.2, 0.25) is 0 Å². The van der Waals surface area contributed by atoms with Crippen molar-refractivity contribution in [2.45, 2.75) is 32.5 Å². The zero-order chi connectivity index (χ0) is 22.9. The van der Waals surface area contributed by atoms with Crippen LogP contribution in [0.1, 0.15) is 40.3 Å². The Labute approximate surface area is 198 Å². The van der Waals surface area contributed by atoms with Crippen LogP contribution in [-0.4, -0.2) is 19.6 Å². The summed E-state index contributed by atoms with van der Waals surface area (Å²) >= 11 is 5.81. The van der Waals surface area contributed by atoms with E-state index in [1.807, 2.05) is 66.9 Å². The standard InChI is InChI=1S/C27H25FN4S/c1-18-16-21(19(2)32(18)24-14-7-6-12-22(24)28)26-25(23-13-8-9-15-29-23)30-27(33)31(26)17-20-10-4-3-5-11-20/h3-16,25-26H,17H2,1-2H3,(H,30,33)/t25-,26-/m1/s1. The lowest BCUT2D eigenvalue weighted by Gasteiger charge is -2.28. The van der Waals surface area contributed by atoms with E-state index in [-0.39, 0.29) is 17.9 Å². The van der Waals surface area contributed by atoms with Gasteiger partial charge in [-0.3, -0.25) is 4.98 Å². The topological polar surface area (TPSA) is 33.1 Å². The zero-order valence-corrected chi connectivity index (χ0v) is 19.4. The summed E-state index contributed by atoms with van der Waals surface area (Å²) in [5.74, 6) is -0.242. The molecule has 1 fully saturated rings. The molecule has 2 aromatic carbocycles. The van der Waals surface area contributed by atoms with Gasteiger partial charge in [-0.05, 0) is 67.5 Å². The molecule has 0 radical (unpaired) electrons. The third-order valence-electron chi connectivity index (χ3n) is 6.28. The summed E-state index contributed by atoms with van der Waals surface area (Å²) in [5, 5.41) is 4.20. The molecule has 3 heterocycles. The molecular formula is C27H25FN4S. The molecule has 0 saturated carbocycles. The van der Waals surface area contributed by atoms with Crippen LogP contribution in [0.3, 0.4) is 0 Å². The van der Waals surface area contributed by atoms with Gasteiger partial charge in [-0.1, -0.05) is 48.5 Å². The van der Waals surface area contributed by atoms with E-state index in [0.29, 0.717) is 17.3 Å². The van der Waals surface area contributed by atoms with Crippen LogP contribution in [0, 0.1) is 19.7 Å². The third kappa shape index (κ3) is 3.91. The van der Waals surface area contributed by atoms with Crippen molar-refractivity contribution in [2.24, 2.45) is 0 Å². The molecule has 166 valence electrons. The van der Waals surface area contributed by atoms with Gasteiger partial charge < -0.3 is 14.8 Å². The van der Waals surface area contributed by atoms with Crippen molar-refractivity contribution in [3.05, 3.63) is 119 Å². The van der Waals surface area contributed by atoms with Gasteiger partial charge in [-0.15, -0.1) is 0 Å². The molecule has 0 spiro atoms. The van der Waals surface area contributed by atoms with Gasteiger partial charge in [0.25, 0.3) is 0 Å². The second-order valence-electron chi connectivity index (χ2n) is 8.35. The monoisotopic (exact) mass is 456 g/mol. The number of aryl methyl sites for hydroxylation is 1. The van der Waals surface area contributed by atoms with Crippen LogP contribution in [0.5, 0.6) is 0 Å². The molecule has 2 atom stereocenters. The van der Waals surface area contributed by atoms with Crippen molar-refractivity contribution in [1.82, 2.24) is 19.8 Å². The molecule has 33 heavy (non-hydrogen) atoms. The van der Waals surface area contributed by atoms with Gasteiger partial charge in [0.05, 0.1) is 23.5 Å². The Hall–Kier alpha value is -3.51. The van der Waals surface area contributed by atoms with Gasteiger partial charge in [-0.2, -0.15) is 0 Å². The summed E-state index contributed by atoms with van der Waals surface area (Å²) < 4.78 is 16.7. The summed E-state index contributed by atoms with van der Waals surface area (Å²) in [6.07, 6.45) is 1.81. The van der Waals surface area contributed by atoms with Gasteiger partial charge in [0, 0.05) is 24.1 Å². The Kier molecular flexibility index (Phi) is 5.68. The van der Waals surface area contributed by atoms with E-state index in [1.165, 1.54) is 11.6 Å². The minimum absolute atomic E-state index is 0.0840. The van der Waals surface area contributed by atoms with Crippen LogP contribution < -0.4 is 5.32 Å². The van der Waals surface area contributed by atoms with Crippen LogP contribution in [0.4, 0.5) is 4.39 Å². The van der Waals surface area contributed by atoms with Crippen molar-refractivity contribution in [1.29, 1.82) is 0 Å². The highest BCUT2D eigenvalue weighted by molar-refractivity contribution is 7.80. The first-order chi connectivity index (χ1) is 16.0. The van der Waals surface area contributed by atoms with Gasteiger partial charge in [0.1, 0.15) is 5.82 Å². The Morgan fingerprint density at radius 3 is 2.42 bits per heavy atom. The number of benzene rings is 2. The summed E-state index contributed by atoms with van der Waals surface area (Å²) in [4.78, 5) is 6.85. The lowest BCUT2D eigenvalue weighted by atomic mass is 9.96. The first-order valence-corrected chi connectivity index (χ1v) is 11.4. The molecule has 0 unspecified atom stereocenters. The fourth-order valence-electron chi connectivity index (χ4n) is 4.79. The Morgan fingerprint density at radius 2 is 1.70 bits per heavy atom. The average molecular weight is 457 g/mol.